The maximum absolute atomic E-state index is 11.6. The van der Waals surface area contributed by atoms with Gasteiger partial charge in [0.2, 0.25) is 5.91 Å². The van der Waals surface area contributed by atoms with E-state index in [1.807, 2.05) is 6.92 Å². The molecule has 0 fully saturated rings. The molecule has 0 aromatic heterocycles. The minimum atomic E-state index is 0.0870. The Morgan fingerprint density at radius 1 is 1.39 bits per heavy atom. The number of fused-ring (bicyclic) bond motifs is 1. The van der Waals surface area contributed by atoms with E-state index in [9.17, 15) is 4.79 Å². The highest BCUT2D eigenvalue weighted by molar-refractivity contribution is 5.76. The van der Waals surface area contributed by atoms with Crippen LogP contribution < -0.4 is 11.1 Å². The second-order valence-electron chi connectivity index (χ2n) is 4.72. The molecule has 1 aromatic rings. The van der Waals surface area contributed by atoms with Crippen molar-refractivity contribution in [1.82, 2.24) is 10.2 Å². The average Bonchev–Trinajstić information content (AvgIpc) is 2.79. The topological polar surface area (TPSA) is 58.4 Å². The zero-order valence-corrected chi connectivity index (χ0v) is 10.9. The molecule has 1 aliphatic heterocycles. The molecule has 1 unspecified atom stereocenters. The Kier molecular flexibility index (Phi) is 4.33. The van der Waals surface area contributed by atoms with Gasteiger partial charge in [-0.05, 0) is 18.1 Å². The Morgan fingerprint density at radius 2 is 2.00 bits per heavy atom. The summed E-state index contributed by atoms with van der Waals surface area (Å²) in [4.78, 5) is 13.9. The number of rotatable bonds is 5. The van der Waals surface area contributed by atoms with Crippen LogP contribution in [0.15, 0.2) is 24.3 Å². The summed E-state index contributed by atoms with van der Waals surface area (Å²) in [6.45, 7) is 4.93. The first kappa shape index (κ1) is 13.1. The van der Waals surface area contributed by atoms with Gasteiger partial charge in [-0.25, -0.2) is 0 Å². The third-order valence-electron chi connectivity index (χ3n) is 3.45. The molecule has 4 nitrogen and oxygen atoms in total. The van der Waals surface area contributed by atoms with Gasteiger partial charge in [-0.1, -0.05) is 24.3 Å². The summed E-state index contributed by atoms with van der Waals surface area (Å²) < 4.78 is 0. The summed E-state index contributed by atoms with van der Waals surface area (Å²) in [5.74, 6) is 0.0870. The fraction of sp³-hybridized carbons (Fsp3) is 0.500. The molecule has 0 radical (unpaired) electrons. The van der Waals surface area contributed by atoms with E-state index in [4.69, 9.17) is 5.73 Å². The van der Waals surface area contributed by atoms with Crippen molar-refractivity contribution in [2.75, 3.05) is 13.1 Å². The van der Waals surface area contributed by atoms with Gasteiger partial charge < -0.3 is 11.1 Å². The van der Waals surface area contributed by atoms with Crippen molar-refractivity contribution in [3.8, 4) is 0 Å². The molecule has 18 heavy (non-hydrogen) atoms. The molecule has 0 saturated carbocycles. The molecule has 1 aliphatic rings. The second-order valence-corrected chi connectivity index (χ2v) is 4.72. The molecule has 1 heterocycles. The molecular formula is C14H21N3O. The quantitative estimate of drug-likeness (QED) is 0.811. The van der Waals surface area contributed by atoms with Crippen molar-refractivity contribution in [2.45, 2.75) is 32.5 Å². The number of nitrogens with one attached hydrogen (secondary N) is 1. The van der Waals surface area contributed by atoms with Crippen molar-refractivity contribution in [3.05, 3.63) is 35.4 Å². The summed E-state index contributed by atoms with van der Waals surface area (Å²) >= 11 is 0. The van der Waals surface area contributed by atoms with Gasteiger partial charge in [0.05, 0.1) is 0 Å². The van der Waals surface area contributed by atoms with Crippen LogP contribution in [0, 0.1) is 0 Å². The number of hydrogen-bond acceptors (Lipinski definition) is 3. The third-order valence-corrected chi connectivity index (χ3v) is 3.45. The summed E-state index contributed by atoms with van der Waals surface area (Å²) in [5.41, 5.74) is 8.52. The van der Waals surface area contributed by atoms with Gasteiger partial charge in [0.1, 0.15) is 0 Å². The minimum absolute atomic E-state index is 0.0870. The molecular weight excluding hydrogens is 226 g/mol. The molecule has 1 aromatic carbocycles. The lowest BCUT2D eigenvalue weighted by Crippen LogP contribution is -2.41. The number of nitrogens with two attached hydrogens (primary N) is 1. The predicted molar refractivity (Wildman–Crippen MR) is 71.8 cm³/mol. The number of hydrogen-bond donors (Lipinski definition) is 2. The van der Waals surface area contributed by atoms with Gasteiger partial charge in [0.15, 0.2) is 0 Å². The molecule has 0 saturated heterocycles. The fourth-order valence-electron chi connectivity index (χ4n) is 2.46. The monoisotopic (exact) mass is 247 g/mol. The fourth-order valence-corrected chi connectivity index (χ4v) is 2.46. The van der Waals surface area contributed by atoms with Crippen LogP contribution in [0.1, 0.15) is 24.5 Å². The molecule has 0 spiro atoms. The SMILES string of the molecule is CCNC(=O)CC(CN)N1Cc2ccccc2C1. The predicted octanol–water partition coefficient (Wildman–Crippen LogP) is 0.856. The first-order chi connectivity index (χ1) is 8.74. The highest BCUT2D eigenvalue weighted by Crippen LogP contribution is 2.24. The summed E-state index contributed by atoms with van der Waals surface area (Å²) in [6.07, 6.45) is 0.484. The molecule has 3 N–H and O–H groups in total. The van der Waals surface area contributed by atoms with Crippen molar-refractivity contribution in [2.24, 2.45) is 5.73 Å². The second kappa shape index (κ2) is 5.98. The highest BCUT2D eigenvalue weighted by atomic mass is 16.1. The zero-order chi connectivity index (χ0) is 13.0. The lowest BCUT2D eigenvalue weighted by molar-refractivity contribution is -0.122. The highest BCUT2D eigenvalue weighted by Gasteiger charge is 2.26. The molecule has 4 heteroatoms. The van der Waals surface area contributed by atoms with Crippen LogP contribution in [0.4, 0.5) is 0 Å². The lowest BCUT2D eigenvalue weighted by Gasteiger charge is -2.25. The maximum Gasteiger partial charge on any atom is 0.221 e. The first-order valence-corrected chi connectivity index (χ1v) is 6.52. The van der Waals surface area contributed by atoms with Gasteiger partial charge in [-0.15, -0.1) is 0 Å². The van der Waals surface area contributed by atoms with E-state index in [1.54, 1.807) is 0 Å². The van der Waals surface area contributed by atoms with Crippen molar-refractivity contribution < 1.29 is 4.79 Å². The van der Waals surface area contributed by atoms with E-state index in [0.29, 0.717) is 19.5 Å². The minimum Gasteiger partial charge on any atom is -0.356 e. The van der Waals surface area contributed by atoms with E-state index in [1.165, 1.54) is 11.1 Å². The molecule has 0 aliphatic carbocycles. The van der Waals surface area contributed by atoms with Gasteiger partial charge >= 0.3 is 0 Å². The lowest BCUT2D eigenvalue weighted by atomic mass is 10.1. The van der Waals surface area contributed by atoms with Gasteiger partial charge in [0, 0.05) is 38.6 Å². The number of nitrogens with zero attached hydrogens (tertiary/aromatic N) is 1. The number of carbonyl (C=O) groups is 1. The van der Waals surface area contributed by atoms with Crippen molar-refractivity contribution in [1.29, 1.82) is 0 Å². The van der Waals surface area contributed by atoms with Crippen LogP contribution in [0.2, 0.25) is 0 Å². The van der Waals surface area contributed by atoms with E-state index < -0.39 is 0 Å². The van der Waals surface area contributed by atoms with Gasteiger partial charge in [-0.2, -0.15) is 0 Å². The molecule has 0 bridgehead atoms. The van der Waals surface area contributed by atoms with Crippen LogP contribution in [-0.4, -0.2) is 29.9 Å². The Labute approximate surface area is 108 Å². The number of benzene rings is 1. The van der Waals surface area contributed by atoms with Crippen LogP contribution in [0.3, 0.4) is 0 Å². The number of carbonyl (C=O) groups excluding carboxylic acids is 1. The normalized spacial score (nSPS) is 16.3. The van der Waals surface area contributed by atoms with E-state index >= 15 is 0 Å². The third kappa shape index (κ3) is 2.89. The summed E-state index contributed by atoms with van der Waals surface area (Å²) in [7, 11) is 0. The van der Waals surface area contributed by atoms with E-state index in [-0.39, 0.29) is 11.9 Å². The average molecular weight is 247 g/mol. The van der Waals surface area contributed by atoms with Crippen LogP contribution in [-0.2, 0) is 17.9 Å². The maximum atomic E-state index is 11.6. The molecule has 1 amide bonds. The zero-order valence-electron chi connectivity index (χ0n) is 10.9. The van der Waals surface area contributed by atoms with E-state index in [2.05, 4.69) is 34.5 Å². The Bertz CT molecular complexity index is 394. The Hall–Kier alpha value is -1.39. The van der Waals surface area contributed by atoms with E-state index in [0.717, 1.165) is 13.1 Å². The Balaban J connectivity index is 1.97. The largest absolute Gasteiger partial charge is 0.356 e. The van der Waals surface area contributed by atoms with Crippen LogP contribution in [0.5, 0.6) is 0 Å². The van der Waals surface area contributed by atoms with Crippen LogP contribution in [0.25, 0.3) is 0 Å². The summed E-state index contributed by atoms with van der Waals surface area (Å²) in [6, 6.07) is 8.54. The molecule has 98 valence electrons. The van der Waals surface area contributed by atoms with Gasteiger partial charge in [-0.3, -0.25) is 9.69 Å². The first-order valence-electron chi connectivity index (χ1n) is 6.52. The summed E-state index contributed by atoms with van der Waals surface area (Å²) in [5, 5.41) is 2.83. The van der Waals surface area contributed by atoms with Crippen molar-refractivity contribution >= 4 is 5.91 Å². The van der Waals surface area contributed by atoms with Crippen LogP contribution >= 0.6 is 0 Å². The Morgan fingerprint density at radius 3 is 2.50 bits per heavy atom. The standard InChI is InChI=1S/C14H21N3O/c1-2-16-14(18)7-13(8-15)17-9-11-5-3-4-6-12(11)10-17/h3-6,13H,2,7-10,15H2,1H3,(H,16,18). The smallest absolute Gasteiger partial charge is 0.221 e. The molecule has 2 rings (SSSR count). The van der Waals surface area contributed by atoms with Crippen molar-refractivity contribution in [3.63, 3.8) is 0 Å². The molecule has 1 atom stereocenters. The van der Waals surface area contributed by atoms with Gasteiger partial charge in [0.25, 0.3) is 0 Å². The number of amides is 1.